The van der Waals surface area contributed by atoms with Gasteiger partial charge in [0.25, 0.3) is 6.33 Å². The highest BCUT2D eigenvalue weighted by Gasteiger charge is 2.30. The number of hydrogen-bond acceptors (Lipinski definition) is 11. The van der Waals surface area contributed by atoms with Crippen molar-refractivity contribution in [2.24, 2.45) is 5.22 Å². The number of nitro groups is 2. The van der Waals surface area contributed by atoms with Crippen LogP contribution in [0.1, 0.15) is 0 Å². The molecule has 0 fully saturated rings. The summed E-state index contributed by atoms with van der Waals surface area (Å²) < 4.78 is 4.01. The minimum Gasteiger partial charge on any atom is -0.721 e. The van der Waals surface area contributed by atoms with E-state index in [2.05, 4.69) is 30.2 Å². The maximum atomic E-state index is 11.4. The topological polar surface area (TPSA) is 194 Å². The molecule has 0 saturated carbocycles. The van der Waals surface area contributed by atoms with Gasteiger partial charge in [0.2, 0.25) is 5.16 Å². The standard InChI is InChI=1S/C4HN9O6/c14-11(2-3(12(15)16)8-19-7-2)9-10-1-5-4(6-10)13(17)18/h1H. The van der Waals surface area contributed by atoms with Crippen molar-refractivity contribution in [3.63, 3.8) is 0 Å². The third-order valence-corrected chi connectivity index (χ3v) is 1.61. The van der Waals surface area contributed by atoms with Gasteiger partial charge in [0, 0.05) is 0 Å². The fourth-order valence-electron chi connectivity index (χ4n) is 0.914. The molecule has 0 unspecified atom stereocenters. The summed E-state index contributed by atoms with van der Waals surface area (Å²) in [5.74, 6) is -2.61. The van der Waals surface area contributed by atoms with Crippen molar-refractivity contribution in [1.82, 2.24) is 25.2 Å². The first-order chi connectivity index (χ1) is 8.99. The Morgan fingerprint density at radius 1 is 1.16 bits per heavy atom. The molecule has 0 aromatic carbocycles. The molecule has 2 aromatic heterocycles. The predicted octanol–water partition coefficient (Wildman–Crippen LogP) is -0.465. The summed E-state index contributed by atoms with van der Waals surface area (Å²) in [6, 6.07) is 0. The van der Waals surface area contributed by atoms with E-state index in [1.807, 2.05) is 0 Å². The molecule has 15 heteroatoms. The van der Waals surface area contributed by atoms with Gasteiger partial charge >= 0.3 is 17.6 Å². The van der Waals surface area contributed by atoms with Crippen LogP contribution in [0.2, 0.25) is 0 Å². The lowest BCUT2D eigenvalue weighted by Crippen LogP contribution is -2.02. The third kappa shape index (κ3) is 2.28. The molecule has 15 nitrogen and oxygen atoms in total. The first kappa shape index (κ1) is 12.0. The lowest BCUT2D eigenvalue weighted by atomic mass is 10.7. The fourth-order valence-corrected chi connectivity index (χ4v) is 0.914. The first-order valence-electron chi connectivity index (χ1n) is 4.21. The van der Waals surface area contributed by atoms with Crippen LogP contribution < -0.4 is 0 Å². The van der Waals surface area contributed by atoms with Gasteiger partial charge in [-0.05, 0) is 14.8 Å². The summed E-state index contributed by atoms with van der Waals surface area (Å²) in [6.07, 6.45) is 0.752. The fraction of sp³-hybridized carbons (Fsp3) is 0. The van der Waals surface area contributed by atoms with Crippen LogP contribution in [0.5, 0.6) is 0 Å². The van der Waals surface area contributed by atoms with Crippen molar-refractivity contribution in [2.45, 2.75) is 0 Å². The predicted molar refractivity (Wildman–Crippen MR) is 48.7 cm³/mol. The molecule has 19 heavy (non-hydrogen) atoms. The molecule has 0 amide bonds. The quantitative estimate of drug-likeness (QED) is 0.303. The zero-order chi connectivity index (χ0) is 14.0. The highest BCUT2D eigenvalue weighted by atomic mass is 16.6. The first-order valence-corrected chi connectivity index (χ1v) is 4.21. The van der Waals surface area contributed by atoms with Crippen molar-refractivity contribution in [3.8, 4) is 0 Å². The number of aromatic nitrogens is 5. The third-order valence-electron chi connectivity index (χ3n) is 1.61. The molecule has 0 bridgehead atoms. The summed E-state index contributed by atoms with van der Waals surface area (Å²) in [7, 11) is 0. The van der Waals surface area contributed by atoms with Crippen LogP contribution in [0.3, 0.4) is 0 Å². The lowest BCUT2D eigenvalue weighted by Gasteiger charge is -1.97. The Balaban J connectivity index is 2.34. The van der Waals surface area contributed by atoms with Gasteiger partial charge in [-0.15, -0.1) is 4.86 Å². The maximum absolute atomic E-state index is 11.4. The van der Waals surface area contributed by atoms with E-state index >= 15 is 0 Å². The Kier molecular flexibility index (Phi) is 2.76. The molecule has 2 rings (SSSR count). The van der Waals surface area contributed by atoms with Crippen LogP contribution in [-0.4, -0.2) is 39.9 Å². The smallest absolute Gasteiger partial charge is 0.507 e. The Morgan fingerprint density at radius 3 is 2.42 bits per heavy atom. The highest BCUT2D eigenvalue weighted by Crippen LogP contribution is 2.20. The summed E-state index contributed by atoms with van der Waals surface area (Å²) in [4.78, 5) is 22.1. The van der Waals surface area contributed by atoms with Crippen LogP contribution in [0, 0.1) is 25.4 Å². The van der Waals surface area contributed by atoms with E-state index in [1.165, 1.54) is 0 Å². The monoisotopic (exact) mass is 271 g/mol. The number of nitrogens with zero attached hydrogens (tertiary/aromatic N) is 9. The second-order valence-electron chi connectivity index (χ2n) is 2.75. The number of rotatable bonds is 4. The van der Waals surface area contributed by atoms with Crippen LogP contribution in [0.15, 0.2) is 16.2 Å². The highest BCUT2D eigenvalue weighted by molar-refractivity contribution is 5.35. The summed E-state index contributed by atoms with van der Waals surface area (Å²) in [5, 5.41) is 44.3. The van der Waals surface area contributed by atoms with E-state index in [1.54, 1.807) is 0 Å². The molecule has 98 valence electrons. The SMILES string of the molecule is O=[N+]([O-])c1ncn(N=[N+]([O-])c2nonc2[N+](=O)[O-])n1. The molecule has 0 aliphatic rings. The summed E-state index contributed by atoms with van der Waals surface area (Å²) in [5.41, 5.74) is 0. The van der Waals surface area contributed by atoms with Gasteiger partial charge in [0.15, 0.2) is 0 Å². The van der Waals surface area contributed by atoms with Gasteiger partial charge in [0.05, 0.1) is 10.0 Å². The van der Waals surface area contributed by atoms with Gasteiger partial charge in [-0.2, -0.15) is 0 Å². The van der Waals surface area contributed by atoms with Gasteiger partial charge in [-0.1, -0.05) is 4.63 Å². The van der Waals surface area contributed by atoms with Gasteiger partial charge in [-0.25, -0.2) is 0 Å². The second kappa shape index (κ2) is 4.39. The maximum Gasteiger partial charge on any atom is 0.507 e. The number of hydrogen-bond donors (Lipinski definition) is 0. The second-order valence-corrected chi connectivity index (χ2v) is 2.75. The van der Waals surface area contributed by atoms with Gasteiger partial charge < -0.3 is 25.4 Å². The van der Waals surface area contributed by atoms with Crippen molar-refractivity contribution in [3.05, 3.63) is 31.8 Å². The molecular formula is C4HN9O6. The normalized spacial score (nSPS) is 11.5. The van der Waals surface area contributed by atoms with Crippen LogP contribution in [-0.2, 0) is 0 Å². The van der Waals surface area contributed by atoms with Crippen LogP contribution in [0.25, 0.3) is 0 Å². The van der Waals surface area contributed by atoms with Crippen molar-refractivity contribution in [2.75, 3.05) is 0 Å². The molecule has 0 saturated heterocycles. The molecule has 2 heterocycles. The molecule has 0 radical (unpaired) electrons. The van der Waals surface area contributed by atoms with Gasteiger partial charge in [0.1, 0.15) is 10.3 Å². The van der Waals surface area contributed by atoms with E-state index in [9.17, 15) is 25.4 Å². The molecular weight excluding hydrogens is 270 g/mol. The van der Waals surface area contributed by atoms with Crippen LogP contribution in [0.4, 0.5) is 17.6 Å². The Hall–Kier alpha value is -3.52. The van der Waals surface area contributed by atoms with Gasteiger partial charge in [-0.3, -0.25) is 0 Å². The minimum absolute atomic E-state index is 0.340. The molecule has 0 spiro atoms. The van der Waals surface area contributed by atoms with Crippen molar-refractivity contribution < 1.29 is 19.3 Å². The molecule has 2 aromatic rings. The van der Waals surface area contributed by atoms with E-state index in [-0.39, 0.29) is 4.86 Å². The molecule has 0 aliphatic carbocycles. The van der Waals surface area contributed by atoms with E-state index < -0.39 is 27.4 Å². The van der Waals surface area contributed by atoms with Crippen molar-refractivity contribution >= 4 is 17.6 Å². The van der Waals surface area contributed by atoms with Crippen molar-refractivity contribution in [1.29, 1.82) is 0 Å². The molecule has 0 atom stereocenters. The molecule has 0 N–H and O–H groups in total. The molecule has 0 aliphatic heterocycles. The zero-order valence-electron chi connectivity index (χ0n) is 8.55. The lowest BCUT2D eigenvalue weighted by molar-refractivity contribution is -0.469. The average Bonchev–Trinajstić information content (AvgIpc) is 2.96. The van der Waals surface area contributed by atoms with Crippen LogP contribution >= 0.6 is 0 Å². The zero-order valence-corrected chi connectivity index (χ0v) is 8.55. The summed E-state index contributed by atoms with van der Waals surface area (Å²) >= 11 is 0. The minimum atomic E-state index is -1.02. The van der Waals surface area contributed by atoms with E-state index in [4.69, 9.17) is 0 Å². The Bertz CT molecular complexity index is 670. The van der Waals surface area contributed by atoms with E-state index in [0.717, 1.165) is 6.33 Å². The average molecular weight is 271 g/mol. The largest absolute Gasteiger partial charge is 0.721 e. The Morgan fingerprint density at radius 2 is 1.84 bits per heavy atom. The summed E-state index contributed by atoms with van der Waals surface area (Å²) in [6.45, 7) is 0. The Labute approximate surface area is 100 Å². The van der Waals surface area contributed by atoms with E-state index in [0.29, 0.717) is 4.79 Å².